The summed E-state index contributed by atoms with van der Waals surface area (Å²) in [5.41, 5.74) is 1.13. The van der Waals surface area contributed by atoms with Crippen LogP contribution in [0.25, 0.3) is 0 Å². The summed E-state index contributed by atoms with van der Waals surface area (Å²) in [4.78, 5) is 0. The summed E-state index contributed by atoms with van der Waals surface area (Å²) in [7, 11) is 1.85. The lowest BCUT2D eigenvalue weighted by molar-refractivity contribution is 0.119. The van der Waals surface area contributed by atoms with Crippen LogP contribution in [-0.2, 0) is 13.6 Å². The van der Waals surface area contributed by atoms with Gasteiger partial charge in [0.05, 0.1) is 11.8 Å². The SMILES string of the molecule is Cn1nnc(Br)c1CNCC(O)CC(C)(C)C. The zero-order valence-corrected chi connectivity index (χ0v) is 12.5. The summed E-state index contributed by atoms with van der Waals surface area (Å²) in [6, 6.07) is 0. The van der Waals surface area contributed by atoms with Gasteiger partial charge in [-0.05, 0) is 27.8 Å². The summed E-state index contributed by atoms with van der Waals surface area (Å²) in [5.74, 6) is 0. The highest BCUT2D eigenvalue weighted by molar-refractivity contribution is 9.10. The first-order chi connectivity index (χ1) is 7.79. The van der Waals surface area contributed by atoms with Crippen molar-refractivity contribution in [3.8, 4) is 0 Å². The Balaban J connectivity index is 2.33. The molecule has 1 rings (SSSR count). The number of rotatable bonds is 5. The minimum absolute atomic E-state index is 0.149. The molecule has 6 heteroatoms. The minimum atomic E-state index is -0.324. The van der Waals surface area contributed by atoms with Crippen molar-refractivity contribution in [3.05, 3.63) is 10.3 Å². The van der Waals surface area contributed by atoms with E-state index in [1.165, 1.54) is 0 Å². The van der Waals surface area contributed by atoms with Gasteiger partial charge in [0.2, 0.25) is 0 Å². The zero-order chi connectivity index (χ0) is 13.1. The fraction of sp³-hybridized carbons (Fsp3) is 0.818. The molecule has 1 heterocycles. The Labute approximate surface area is 111 Å². The van der Waals surface area contributed by atoms with Gasteiger partial charge in [-0.1, -0.05) is 26.0 Å². The van der Waals surface area contributed by atoms with Crippen LogP contribution >= 0.6 is 15.9 Å². The van der Waals surface area contributed by atoms with Crippen LogP contribution in [0.3, 0.4) is 0 Å². The smallest absolute Gasteiger partial charge is 0.152 e. The van der Waals surface area contributed by atoms with Gasteiger partial charge in [-0.25, -0.2) is 4.68 Å². The number of hydrogen-bond donors (Lipinski definition) is 2. The number of aliphatic hydroxyl groups is 1. The normalized spacial score (nSPS) is 14.0. The van der Waals surface area contributed by atoms with Crippen molar-refractivity contribution in [2.45, 2.75) is 39.8 Å². The van der Waals surface area contributed by atoms with Crippen molar-refractivity contribution in [2.24, 2.45) is 12.5 Å². The largest absolute Gasteiger partial charge is 0.392 e. The predicted molar refractivity (Wildman–Crippen MR) is 70.5 cm³/mol. The first kappa shape index (κ1) is 14.6. The fourth-order valence-corrected chi connectivity index (χ4v) is 2.14. The lowest BCUT2D eigenvalue weighted by Gasteiger charge is -2.22. The van der Waals surface area contributed by atoms with E-state index in [1.54, 1.807) is 4.68 Å². The molecule has 1 unspecified atom stereocenters. The van der Waals surface area contributed by atoms with Crippen LogP contribution in [0.4, 0.5) is 0 Å². The van der Waals surface area contributed by atoms with Gasteiger partial charge in [-0.3, -0.25) is 0 Å². The molecule has 98 valence electrons. The van der Waals surface area contributed by atoms with Gasteiger partial charge < -0.3 is 10.4 Å². The average Bonchev–Trinajstić information content (AvgIpc) is 2.46. The molecule has 0 aliphatic heterocycles. The highest BCUT2D eigenvalue weighted by Crippen LogP contribution is 2.20. The van der Waals surface area contributed by atoms with Gasteiger partial charge in [-0.2, -0.15) is 0 Å². The summed E-state index contributed by atoms with van der Waals surface area (Å²) in [6.45, 7) is 7.59. The third kappa shape index (κ3) is 5.14. The minimum Gasteiger partial charge on any atom is -0.392 e. The molecule has 1 aromatic heterocycles. The molecule has 0 aliphatic carbocycles. The Morgan fingerprint density at radius 1 is 1.47 bits per heavy atom. The summed E-state index contributed by atoms with van der Waals surface area (Å²) >= 11 is 3.34. The number of aryl methyl sites for hydroxylation is 1. The van der Waals surface area contributed by atoms with E-state index in [9.17, 15) is 5.11 Å². The standard InChI is InChI=1S/C11H21BrN4O/c1-11(2,3)5-8(17)6-13-7-9-10(12)14-15-16(9)4/h8,13,17H,5-7H2,1-4H3. The molecule has 0 bridgehead atoms. The van der Waals surface area contributed by atoms with Gasteiger partial charge in [0.25, 0.3) is 0 Å². The molecular weight excluding hydrogens is 284 g/mol. The van der Waals surface area contributed by atoms with Gasteiger partial charge in [0.1, 0.15) is 0 Å². The van der Waals surface area contributed by atoms with E-state index in [0.29, 0.717) is 13.1 Å². The van der Waals surface area contributed by atoms with E-state index in [0.717, 1.165) is 16.7 Å². The Kier molecular flexibility index (Phi) is 5.09. The molecule has 5 nitrogen and oxygen atoms in total. The van der Waals surface area contributed by atoms with Gasteiger partial charge in [-0.15, -0.1) is 5.10 Å². The second-order valence-corrected chi connectivity index (χ2v) is 6.25. The Bertz CT molecular complexity index is 339. The average molecular weight is 305 g/mol. The maximum absolute atomic E-state index is 9.84. The number of nitrogens with zero attached hydrogens (tertiary/aromatic N) is 3. The zero-order valence-electron chi connectivity index (χ0n) is 10.9. The third-order valence-corrected chi connectivity index (χ3v) is 3.03. The van der Waals surface area contributed by atoms with Crippen molar-refractivity contribution in [1.82, 2.24) is 20.3 Å². The molecule has 1 atom stereocenters. The van der Waals surface area contributed by atoms with Crippen molar-refractivity contribution in [1.29, 1.82) is 0 Å². The van der Waals surface area contributed by atoms with Gasteiger partial charge >= 0.3 is 0 Å². The molecule has 17 heavy (non-hydrogen) atoms. The number of aromatic nitrogens is 3. The number of halogens is 1. The van der Waals surface area contributed by atoms with Crippen LogP contribution in [-0.4, -0.2) is 32.7 Å². The molecular formula is C11H21BrN4O. The first-order valence-corrected chi connectivity index (χ1v) is 6.52. The third-order valence-electron chi connectivity index (χ3n) is 2.42. The van der Waals surface area contributed by atoms with Crippen molar-refractivity contribution < 1.29 is 5.11 Å². The highest BCUT2D eigenvalue weighted by Gasteiger charge is 2.16. The Morgan fingerprint density at radius 2 is 2.12 bits per heavy atom. The van der Waals surface area contributed by atoms with Crippen LogP contribution in [0.2, 0.25) is 0 Å². The van der Waals surface area contributed by atoms with Crippen molar-refractivity contribution in [3.63, 3.8) is 0 Å². The van der Waals surface area contributed by atoms with E-state index in [2.05, 4.69) is 52.3 Å². The van der Waals surface area contributed by atoms with E-state index >= 15 is 0 Å². The van der Waals surface area contributed by atoms with Crippen LogP contribution < -0.4 is 5.32 Å². The fourth-order valence-electron chi connectivity index (χ4n) is 1.68. The maximum atomic E-state index is 9.84. The summed E-state index contributed by atoms with van der Waals surface area (Å²) < 4.78 is 2.46. The molecule has 0 saturated carbocycles. The molecule has 0 spiro atoms. The van der Waals surface area contributed by atoms with E-state index in [4.69, 9.17) is 0 Å². The molecule has 1 aromatic rings. The topological polar surface area (TPSA) is 63.0 Å². The molecule has 0 radical (unpaired) electrons. The first-order valence-electron chi connectivity index (χ1n) is 5.72. The number of aliphatic hydroxyl groups excluding tert-OH is 1. The quantitative estimate of drug-likeness (QED) is 0.864. The lowest BCUT2D eigenvalue weighted by Crippen LogP contribution is -2.30. The second kappa shape index (κ2) is 5.93. The lowest BCUT2D eigenvalue weighted by atomic mass is 9.89. The molecule has 2 N–H and O–H groups in total. The molecule has 0 aliphatic rings. The predicted octanol–water partition coefficient (Wildman–Crippen LogP) is 1.46. The van der Waals surface area contributed by atoms with E-state index < -0.39 is 0 Å². The van der Waals surface area contributed by atoms with Gasteiger partial charge in [0.15, 0.2) is 4.60 Å². The van der Waals surface area contributed by atoms with Crippen molar-refractivity contribution in [2.75, 3.05) is 6.54 Å². The van der Waals surface area contributed by atoms with E-state index in [1.807, 2.05) is 7.05 Å². The van der Waals surface area contributed by atoms with Crippen LogP contribution in [0, 0.1) is 5.41 Å². The molecule has 0 fully saturated rings. The summed E-state index contributed by atoms with van der Waals surface area (Å²) in [6.07, 6.45) is 0.458. The maximum Gasteiger partial charge on any atom is 0.152 e. The van der Waals surface area contributed by atoms with Crippen LogP contribution in [0.1, 0.15) is 32.9 Å². The van der Waals surface area contributed by atoms with Crippen molar-refractivity contribution >= 4 is 15.9 Å². The van der Waals surface area contributed by atoms with Crippen LogP contribution in [0.5, 0.6) is 0 Å². The molecule has 0 amide bonds. The summed E-state index contributed by atoms with van der Waals surface area (Å²) in [5, 5.41) is 20.8. The number of hydrogen-bond acceptors (Lipinski definition) is 4. The molecule has 0 saturated heterocycles. The molecule has 0 aromatic carbocycles. The number of nitrogens with one attached hydrogen (secondary N) is 1. The Hall–Kier alpha value is -0.460. The van der Waals surface area contributed by atoms with Crippen LogP contribution in [0.15, 0.2) is 4.60 Å². The Morgan fingerprint density at radius 3 is 2.59 bits per heavy atom. The van der Waals surface area contributed by atoms with E-state index in [-0.39, 0.29) is 11.5 Å². The highest BCUT2D eigenvalue weighted by atomic mass is 79.9. The second-order valence-electron chi connectivity index (χ2n) is 5.50. The van der Waals surface area contributed by atoms with Gasteiger partial charge in [0, 0.05) is 20.1 Å². The monoisotopic (exact) mass is 304 g/mol.